The Hall–Kier alpha value is -2.53. The second-order valence-corrected chi connectivity index (χ2v) is 5.75. The molecule has 1 aromatic heterocycles. The molecule has 5 nitrogen and oxygen atoms in total. The van der Waals surface area contributed by atoms with Crippen LogP contribution >= 0.6 is 0 Å². The Morgan fingerprint density at radius 1 is 1.21 bits per heavy atom. The fourth-order valence-electron chi connectivity index (χ4n) is 2.78. The number of aliphatic hydroxyl groups excluding tert-OH is 1. The quantitative estimate of drug-likeness (QED) is 0.653. The van der Waals surface area contributed by atoms with Gasteiger partial charge in [-0.3, -0.25) is 0 Å². The number of hydrogen-bond donors (Lipinski definition) is 2. The number of imidazole rings is 1. The number of aliphatic hydroxyl groups is 1. The van der Waals surface area contributed by atoms with Crippen molar-refractivity contribution in [3.8, 4) is 17.1 Å². The Morgan fingerprint density at radius 3 is 2.79 bits per heavy atom. The number of fused-ring (bicyclic) bond motifs is 1. The van der Waals surface area contributed by atoms with Crippen molar-refractivity contribution in [3.63, 3.8) is 0 Å². The van der Waals surface area contributed by atoms with E-state index < -0.39 is 0 Å². The van der Waals surface area contributed by atoms with Crippen molar-refractivity contribution in [2.24, 2.45) is 0 Å². The molecule has 0 aliphatic carbocycles. The third-order valence-corrected chi connectivity index (χ3v) is 3.92. The molecule has 0 saturated carbocycles. The summed E-state index contributed by atoms with van der Waals surface area (Å²) in [5, 5.41) is 9.19. The largest absolute Gasteiger partial charge is 0.491 e. The number of aryl methyl sites for hydroxylation is 1. The predicted molar refractivity (Wildman–Crippen MR) is 97.1 cm³/mol. The van der Waals surface area contributed by atoms with Crippen molar-refractivity contribution in [2.75, 3.05) is 18.9 Å². The number of nitrogens with two attached hydrogens (primary N) is 1. The van der Waals surface area contributed by atoms with Crippen LogP contribution in [0.2, 0.25) is 0 Å². The SMILES string of the molecule is CCCOc1ccc(-c2nc3ccccc3n2CCCO)cc1N. The third kappa shape index (κ3) is 3.21. The van der Waals surface area contributed by atoms with E-state index in [0.717, 1.165) is 28.8 Å². The molecule has 2 aromatic carbocycles. The summed E-state index contributed by atoms with van der Waals surface area (Å²) in [5.74, 6) is 1.57. The van der Waals surface area contributed by atoms with Crippen molar-refractivity contribution in [3.05, 3.63) is 42.5 Å². The lowest BCUT2D eigenvalue weighted by molar-refractivity contribution is 0.281. The molecule has 126 valence electrons. The Balaban J connectivity index is 2.03. The van der Waals surface area contributed by atoms with Gasteiger partial charge in [0.1, 0.15) is 11.6 Å². The smallest absolute Gasteiger partial charge is 0.142 e. The summed E-state index contributed by atoms with van der Waals surface area (Å²) in [7, 11) is 0. The van der Waals surface area contributed by atoms with Gasteiger partial charge in [0.2, 0.25) is 0 Å². The van der Waals surface area contributed by atoms with Crippen LogP contribution in [0, 0.1) is 0 Å². The Kier molecular flexibility index (Phi) is 5.01. The van der Waals surface area contributed by atoms with Crippen molar-refractivity contribution < 1.29 is 9.84 Å². The number of hydrogen-bond acceptors (Lipinski definition) is 4. The molecule has 5 heteroatoms. The maximum absolute atomic E-state index is 9.19. The fourth-order valence-corrected chi connectivity index (χ4v) is 2.78. The minimum absolute atomic E-state index is 0.151. The van der Waals surface area contributed by atoms with E-state index in [4.69, 9.17) is 15.5 Å². The number of rotatable bonds is 7. The molecular formula is C19H23N3O2. The number of nitrogen functional groups attached to an aromatic ring is 1. The average Bonchev–Trinajstić information content (AvgIpc) is 2.97. The van der Waals surface area contributed by atoms with Gasteiger partial charge in [0.05, 0.1) is 23.3 Å². The lowest BCUT2D eigenvalue weighted by Gasteiger charge is -2.11. The standard InChI is InChI=1S/C19H23N3O2/c1-2-12-24-18-9-8-14(13-15(18)20)19-21-16-6-3-4-7-17(16)22(19)10-5-11-23/h3-4,6-9,13,23H,2,5,10-12,20H2,1H3. The number of aromatic nitrogens is 2. The lowest BCUT2D eigenvalue weighted by atomic mass is 10.1. The van der Waals surface area contributed by atoms with Crippen molar-refractivity contribution in [1.82, 2.24) is 9.55 Å². The van der Waals surface area contributed by atoms with E-state index in [9.17, 15) is 5.11 Å². The highest BCUT2D eigenvalue weighted by atomic mass is 16.5. The van der Waals surface area contributed by atoms with Gasteiger partial charge in [0.25, 0.3) is 0 Å². The first kappa shape index (κ1) is 16.3. The van der Waals surface area contributed by atoms with Crippen LogP contribution in [0.5, 0.6) is 5.75 Å². The van der Waals surface area contributed by atoms with Gasteiger partial charge in [-0.1, -0.05) is 19.1 Å². The molecular weight excluding hydrogens is 302 g/mol. The van der Waals surface area contributed by atoms with E-state index in [1.807, 2.05) is 42.5 Å². The first-order valence-corrected chi connectivity index (χ1v) is 8.33. The van der Waals surface area contributed by atoms with Gasteiger partial charge in [-0.2, -0.15) is 0 Å². The molecule has 0 amide bonds. The monoisotopic (exact) mass is 325 g/mol. The van der Waals surface area contributed by atoms with Gasteiger partial charge in [-0.25, -0.2) is 4.98 Å². The van der Waals surface area contributed by atoms with Crippen molar-refractivity contribution in [1.29, 1.82) is 0 Å². The summed E-state index contributed by atoms with van der Waals surface area (Å²) < 4.78 is 7.78. The summed E-state index contributed by atoms with van der Waals surface area (Å²) in [5.41, 5.74) is 9.71. The van der Waals surface area contributed by atoms with E-state index in [-0.39, 0.29) is 6.61 Å². The highest BCUT2D eigenvalue weighted by molar-refractivity contribution is 5.81. The molecule has 3 N–H and O–H groups in total. The van der Waals surface area contributed by atoms with Gasteiger partial charge in [0, 0.05) is 18.7 Å². The van der Waals surface area contributed by atoms with Crippen LogP contribution in [-0.4, -0.2) is 27.9 Å². The summed E-state index contributed by atoms with van der Waals surface area (Å²) in [6.45, 7) is 3.57. The predicted octanol–water partition coefficient (Wildman–Crippen LogP) is 3.46. The molecule has 0 spiro atoms. The molecule has 3 rings (SSSR count). The summed E-state index contributed by atoms with van der Waals surface area (Å²) in [6.07, 6.45) is 1.62. The molecule has 3 aromatic rings. The molecule has 0 atom stereocenters. The van der Waals surface area contributed by atoms with Crippen molar-refractivity contribution >= 4 is 16.7 Å². The van der Waals surface area contributed by atoms with Crippen LogP contribution in [0.4, 0.5) is 5.69 Å². The molecule has 0 bridgehead atoms. The summed E-state index contributed by atoms with van der Waals surface area (Å²) in [4.78, 5) is 4.75. The average molecular weight is 325 g/mol. The zero-order chi connectivity index (χ0) is 16.9. The Morgan fingerprint density at radius 2 is 2.04 bits per heavy atom. The minimum Gasteiger partial charge on any atom is -0.491 e. The van der Waals surface area contributed by atoms with Crippen LogP contribution in [0.15, 0.2) is 42.5 Å². The zero-order valence-electron chi connectivity index (χ0n) is 13.9. The number of ether oxygens (including phenoxy) is 1. The van der Waals surface area contributed by atoms with Crippen molar-refractivity contribution in [2.45, 2.75) is 26.3 Å². The maximum atomic E-state index is 9.19. The van der Waals surface area contributed by atoms with Gasteiger partial charge in [-0.05, 0) is 43.2 Å². The van der Waals surface area contributed by atoms with Crippen LogP contribution in [-0.2, 0) is 6.54 Å². The maximum Gasteiger partial charge on any atom is 0.142 e. The molecule has 0 saturated heterocycles. The lowest BCUT2D eigenvalue weighted by Crippen LogP contribution is -2.03. The molecule has 1 heterocycles. The number of nitrogens with zero attached hydrogens (tertiary/aromatic N) is 2. The first-order chi connectivity index (χ1) is 11.7. The molecule has 0 aliphatic heterocycles. The van der Waals surface area contributed by atoms with Crippen LogP contribution < -0.4 is 10.5 Å². The topological polar surface area (TPSA) is 73.3 Å². The van der Waals surface area contributed by atoms with E-state index in [1.54, 1.807) is 0 Å². The fraction of sp³-hybridized carbons (Fsp3) is 0.316. The number of benzene rings is 2. The molecule has 0 aliphatic rings. The van der Waals surface area contributed by atoms with E-state index in [1.165, 1.54) is 0 Å². The van der Waals surface area contributed by atoms with Gasteiger partial charge in [0.15, 0.2) is 0 Å². The van der Waals surface area contributed by atoms with E-state index in [2.05, 4.69) is 11.5 Å². The van der Waals surface area contributed by atoms with E-state index >= 15 is 0 Å². The minimum atomic E-state index is 0.151. The third-order valence-electron chi connectivity index (χ3n) is 3.92. The highest BCUT2D eigenvalue weighted by Gasteiger charge is 2.13. The molecule has 0 unspecified atom stereocenters. The zero-order valence-corrected chi connectivity index (χ0v) is 13.9. The summed E-state index contributed by atoms with van der Waals surface area (Å²) in [6, 6.07) is 13.8. The van der Waals surface area contributed by atoms with Crippen LogP contribution in [0.1, 0.15) is 19.8 Å². The van der Waals surface area contributed by atoms with Crippen LogP contribution in [0.3, 0.4) is 0 Å². The first-order valence-electron chi connectivity index (χ1n) is 8.33. The molecule has 0 radical (unpaired) electrons. The Bertz CT molecular complexity index is 827. The highest BCUT2D eigenvalue weighted by Crippen LogP contribution is 2.30. The second-order valence-electron chi connectivity index (χ2n) is 5.75. The Labute approximate surface area is 141 Å². The summed E-state index contributed by atoms with van der Waals surface area (Å²) >= 11 is 0. The molecule has 24 heavy (non-hydrogen) atoms. The number of anilines is 1. The normalized spacial score (nSPS) is 11.1. The molecule has 0 fully saturated rings. The van der Waals surface area contributed by atoms with Crippen LogP contribution in [0.25, 0.3) is 22.4 Å². The van der Waals surface area contributed by atoms with Gasteiger partial charge >= 0.3 is 0 Å². The van der Waals surface area contributed by atoms with Gasteiger partial charge < -0.3 is 20.1 Å². The number of para-hydroxylation sites is 2. The van der Waals surface area contributed by atoms with Gasteiger partial charge in [-0.15, -0.1) is 0 Å². The van der Waals surface area contributed by atoms with E-state index in [0.29, 0.717) is 31.0 Å². The second kappa shape index (κ2) is 7.36.